The third-order valence-electron chi connectivity index (χ3n) is 9.69. The Balaban J connectivity index is 4.54. The largest absolute Gasteiger partial charge is 0.462 e. The highest BCUT2D eigenvalue weighted by Gasteiger charge is 2.19. The van der Waals surface area contributed by atoms with Crippen molar-refractivity contribution in [3.63, 3.8) is 0 Å². The third-order valence-corrected chi connectivity index (χ3v) is 9.69. The van der Waals surface area contributed by atoms with Gasteiger partial charge in [-0.25, -0.2) is 0 Å². The summed E-state index contributed by atoms with van der Waals surface area (Å²) in [5, 5.41) is 0. The number of ether oxygens (including phenoxy) is 3. The Bertz CT molecular complexity index is 1350. The van der Waals surface area contributed by atoms with Gasteiger partial charge in [-0.15, -0.1) is 0 Å². The molecule has 0 radical (unpaired) electrons. The number of esters is 3. The van der Waals surface area contributed by atoms with Crippen molar-refractivity contribution < 1.29 is 28.6 Å². The Labute approximate surface area is 380 Å². The number of unbranched alkanes of at least 4 members (excludes halogenated alkanes) is 11. The van der Waals surface area contributed by atoms with Crippen LogP contribution in [0.25, 0.3) is 0 Å². The summed E-state index contributed by atoms with van der Waals surface area (Å²) >= 11 is 0. The smallest absolute Gasteiger partial charge is 0.306 e. The maximum Gasteiger partial charge on any atom is 0.306 e. The molecule has 6 nitrogen and oxygen atoms in total. The zero-order valence-corrected chi connectivity index (χ0v) is 39.6. The Morgan fingerprint density at radius 1 is 0.339 bits per heavy atom. The molecule has 0 aliphatic rings. The molecule has 0 aliphatic heterocycles. The Kier molecular flexibility index (Phi) is 46.1. The predicted octanol–water partition coefficient (Wildman–Crippen LogP) is 16.1. The zero-order valence-electron chi connectivity index (χ0n) is 39.6. The first-order valence-electron chi connectivity index (χ1n) is 24.5. The fourth-order valence-electron chi connectivity index (χ4n) is 6.06. The van der Waals surface area contributed by atoms with Crippen molar-refractivity contribution >= 4 is 17.9 Å². The van der Waals surface area contributed by atoms with Gasteiger partial charge in [-0.2, -0.15) is 0 Å². The molecule has 0 N–H and O–H groups in total. The van der Waals surface area contributed by atoms with Crippen LogP contribution in [-0.2, 0) is 28.6 Å². The maximum absolute atomic E-state index is 12.7. The van der Waals surface area contributed by atoms with Gasteiger partial charge in [-0.1, -0.05) is 181 Å². The first-order chi connectivity index (χ1) is 30.5. The molecule has 0 spiro atoms. The van der Waals surface area contributed by atoms with Gasteiger partial charge >= 0.3 is 17.9 Å². The zero-order chi connectivity index (χ0) is 45.1. The maximum atomic E-state index is 12.7. The second-order valence-corrected chi connectivity index (χ2v) is 15.6. The van der Waals surface area contributed by atoms with Crippen molar-refractivity contribution in [3.05, 3.63) is 122 Å². The van der Waals surface area contributed by atoms with Gasteiger partial charge in [0.25, 0.3) is 0 Å². The van der Waals surface area contributed by atoms with Crippen LogP contribution >= 0.6 is 0 Å². The lowest BCUT2D eigenvalue weighted by Crippen LogP contribution is -2.30. The minimum Gasteiger partial charge on any atom is -0.462 e. The van der Waals surface area contributed by atoms with E-state index in [-0.39, 0.29) is 31.6 Å². The molecule has 1 unspecified atom stereocenters. The minimum absolute atomic E-state index is 0.125. The standard InChI is InChI=1S/C56H88O6/c1-4-7-10-13-16-19-22-25-26-27-28-29-30-32-34-37-40-43-46-49-55(58)61-52-53(51-60-54(57)48-45-42-39-36-33-24-21-18-15-12-9-6-3)62-56(59)50-47-44-41-38-35-31-23-20-17-14-11-8-5-2/h7-8,10-11,16-21,25-26,28-29,31-32,34-35,41,44,53H,4-6,9,12-15,22-24,27,30,33,36-40,42-43,45-52H2,1-3H3/b10-7-,11-8-,19-16-,20-17-,21-18-,26-25-,29-28-,34-32-,35-31-,44-41-. The Hall–Kier alpha value is -4.19. The van der Waals surface area contributed by atoms with Gasteiger partial charge in [-0.3, -0.25) is 14.4 Å². The van der Waals surface area contributed by atoms with Crippen LogP contribution in [0.3, 0.4) is 0 Å². The number of carbonyl (C=O) groups is 3. The molecule has 0 aliphatic carbocycles. The fraction of sp³-hybridized carbons (Fsp3) is 0.589. The van der Waals surface area contributed by atoms with E-state index in [1.165, 1.54) is 32.1 Å². The summed E-state index contributed by atoms with van der Waals surface area (Å²) < 4.78 is 16.6. The molecule has 0 heterocycles. The van der Waals surface area contributed by atoms with Crippen molar-refractivity contribution in [2.45, 2.75) is 200 Å². The summed E-state index contributed by atoms with van der Waals surface area (Å²) in [7, 11) is 0. The van der Waals surface area contributed by atoms with Crippen molar-refractivity contribution in [1.82, 2.24) is 0 Å². The molecule has 1 atom stereocenters. The monoisotopic (exact) mass is 857 g/mol. The fourth-order valence-corrected chi connectivity index (χ4v) is 6.06. The van der Waals surface area contributed by atoms with E-state index in [1.54, 1.807) is 0 Å². The molecule has 62 heavy (non-hydrogen) atoms. The topological polar surface area (TPSA) is 78.9 Å². The Morgan fingerprint density at radius 3 is 1.08 bits per heavy atom. The van der Waals surface area contributed by atoms with Gasteiger partial charge in [-0.05, 0) is 116 Å². The number of hydrogen-bond acceptors (Lipinski definition) is 6. The first-order valence-corrected chi connectivity index (χ1v) is 24.5. The van der Waals surface area contributed by atoms with Crippen LogP contribution in [0.1, 0.15) is 194 Å². The predicted molar refractivity (Wildman–Crippen MR) is 265 cm³/mol. The highest BCUT2D eigenvalue weighted by atomic mass is 16.6. The minimum atomic E-state index is -0.835. The van der Waals surface area contributed by atoms with E-state index in [1.807, 2.05) is 12.2 Å². The molecule has 0 saturated carbocycles. The molecule has 348 valence electrons. The second kappa shape index (κ2) is 49.5. The van der Waals surface area contributed by atoms with Crippen LogP contribution in [0.2, 0.25) is 0 Å². The lowest BCUT2D eigenvalue weighted by Gasteiger charge is -2.18. The molecule has 6 heteroatoms. The van der Waals surface area contributed by atoms with Crippen LogP contribution < -0.4 is 0 Å². The molecular formula is C56H88O6. The Morgan fingerprint density at radius 2 is 0.661 bits per heavy atom. The summed E-state index contributed by atoms with van der Waals surface area (Å²) in [4.78, 5) is 37.8. The third kappa shape index (κ3) is 46.9. The molecule has 0 saturated heterocycles. The van der Waals surface area contributed by atoms with E-state index in [0.717, 1.165) is 116 Å². The van der Waals surface area contributed by atoms with Gasteiger partial charge in [0.2, 0.25) is 0 Å². The molecule has 0 fully saturated rings. The highest BCUT2D eigenvalue weighted by molar-refractivity contribution is 5.71. The van der Waals surface area contributed by atoms with Gasteiger partial charge in [0.15, 0.2) is 6.10 Å². The number of hydrogen-bond donors (Lipinski definition) is 0. The summed E-state index contributed by atoms with van der Waals surface area (Å²) in [5.74, 6) is -1.06. The summed E-state index contributed by atoms with van der Waals surface area (Å²) in [5.41, 5.74) is 0. The van der Waals surface area contributed by atoms with Crippen LogP contribution in [-0.4, -0.2) is 37.2 Å². The van der Waals surface area contributed by atoms with E-state index in [4.69, 9.17) is 14.2 Å². The highest BCUT2D eigenvalue weighted by Crippen LogP contribution is 2.11. The number of allylic oxidation sites excluding steroid dienone is 20. The van der Waals surface area contributed by atoms with Crippen molar-refractivity contribution in [2.24, 2.45) is 0 Å². The second-order valence-electron chi connectivity index (χ2n) is 15.6. The SMILES string of the molecule is CC/C=C\C/C=C\C/C=C\C/C=C\C/C=C\CCCCCC(=O)OCC(COC(=O)CCCCCCC/C=C\CCCCC)OC(=O)CC/C=C\C/C=C\C/C=C\C/C=C\CC. The van der Waals surface area contributed by atoms with Gasteiger partial charge in [0, 0.05) is 19.3 Å². The van der Waals surface area contributed by atoms with E-state index >= 15 is 0 Å². The van der Waals surface area contributed by atoms with E-state index in [9.17, 15) is 14.4 Å². The first kappa shape index (κ1) is 57.8. The van der Waals surface area contributed by atoms with E-state index in [2.05, 4.69) is 130 Å². The lowest BCUT2D eigenvalue weighted by atomic mass is 10.1. The number of rotatable bonds is 42. The molecular weight excluding hydrogens is 769 g/mol. The number of carbonyl (C=O) groups excluding carboxylic acids is 3. The lowest BCUT2D eigenvalue weighted by molar-refractivity contribution is -0.166. The molecule has 0 amide bonds. The van der Waals surface area contributed by atoms with Crippen molar-refractivity contribution in [3.8, 4) is 0 Å². The van der Waals surface area contributed by atoms with E-state index < -0.39 is 12.1 Å². The van der Waals surface area contributed by atoms with Crippen LogP contribution in [0.15, 0.2) is 122 Å². The quantitative estimate of drug-likeness (QED) is 0.0263. The summed E-state index contributed by atoms with van der Waals surface area (Å²) in [6.07, 6.45) is 67.7. The average molecular weight is 857 g/mol. The summed E-state index contributed by atoms with van der Waals surface area (Å²) in [6.45, 7) is 6.26. The normalized spacial score (nSPS) is 13.1. The van der Waals surface area contributed by atoms with Gasteiger partial charge < -0.3 is 14.2 Å². The van der Waals surface area contributed by atoms with Crippen molar-refractivity contribution in [2.75, 3.05) is 13.2 Å². The molecule has 0 aromatic heterocycles. The molecule has 0 bridgehead atoms. The summed E-state index contributed by atoms with van der Waals surface area (Å²) in [6, 6.07) is 0. The van der Waals surface area contributed by atoms with Gasteiger partial charge in [0.1, 0.15) is 13.2 Å². The van der Waals surface area contributed by atoms with Crippen LogP contribution in [0.4, 0.5) is 0 Å². The van der Waals surface area contributed by atoms with Crippen LogP contribution in [0.5, 0.6) is 0 Å². The average Bonchev–Trinajstić information content (AvgIpc) is 3.27. The molecule has 0 aromatic carbocycles. The molecule has 0 aromatic rings. The van der Waals surface area contributed by atoms with Crippen molar-refractivity contribution in [1.29, 1.82) is 0 Å². The molecule has 0 rings (SSSR count). The van der Waals surface area contributed by atoms with E-state index in [0.29, 0.717) is 19.3 Å². The van der Waals surface area contributed by atoms with Gasteiger partial charge in [0.05, 0.1) is 0 Å². The van der Waals surface area contributed by atoms with Crippen LogP contribution in [0, 0.1) is 0 Å².